The minimum Gasteiger partial charge on any atom is -0.480 e. The maximum atomic E-state index is 13.3. The van der Waals surface area contributed by atoms with Crippen LogP contribution in [0.15, 0.2) is 53.6 Å². The number of aliphatic carboxylic acids is 1. The highest BCUT2D eigenvalue weighted by atomic mass is 32.2. The van der Waals surface area contributed by atoms with E-state index in [2.05, 4.69) is 0 Å². The van der Waals surface area contributed by atoms with E-state index in [9.17, 15) is 18.3 Å². The molecule has 0 spiro atoms. The number of rotatable bonds is 7. The Balaban J connectivity index is 1.93. The number of methoxy groups -OCH3 is 1. The molecule has 4 rings (SSSR count). The van der Waals surface area contributed by atoms with Crippen LogP contribution in [0.3, 0.4) is 0 Å². The van der Waals surface area contributed by atoms with E-state index in [4.69, 9.17) is 4.74 Å². The van der Waals surface area contributed by atoms with Crippen LogP contribution in [0.5, 0.6) is 0 Å². The maximum Gasteiger partial charge on any atom is 0.323 e. The van der Waals surface area contributed by atoms with Gasteiger partial charge >= 0.3 is 5.97 Å². The quantitative estimate of drug-likeness (QED) is 0.584. The summed E-state index contributed by atoms with van der Waals surface area (Å²) < 4.78 is 35.0. The van der Waals surface area contributed by atoms with Gasteiger partial charge in [-0.25, -0.2) is 8.42 Å². The second-order valence-corrected chi connectivity index (χ2v) is 9.39. The van der Waals surface area contributed by atoms with Crippen molar-refractivity contribution in [2.24, 2.45) is 0 Å². The van der Waals surface area contributed by atoms with Gasteiger partial charge in [-0.05, 0) is 37.1 Å². The van der Waals surface area contributed by atoms with Gasteiger partial charge in [0.2, 0.25) is 10.0 Å². The van der Waals surface area contributed by atoms with Gasteiger partial charge in [-0.3, -0.25) is 4.79 Å². The molecule has 3 aromatic rings. The van der Waals surface area contributed by atoms with Crippen LogP contribution in [0, 0.1) is 6.92 Å². The van der Waals surface area contributed by atoms with Crippen molar-refractivity contribution in [3.63, 3.8) is 0 Å². The molecule has 0 amide bonds. The molecule has 1 N–H and O–H groups in total. The normalized spacial score (nSPS) is 18.0. The Morgan fingerprint density at radius 2 is 1.93 bits per heavy atom. The molecule has 1 unspecified atom stereocenters. The summed E-state index contributed by atoms with van der Waals surface area (Å²) in [6.07, 6.45) is 2.34. The Bertz CT molecular complexity index is 1220. The summed E-state index contributed by atoms with van der Waals surface area (Å²) in [6, 6.07) is 12.3. The average Bonchev–Trinajstić information content (AvgIpc) is 3.14. The van der Waals surface area contributed by atoms with Crippen LogP contribution >= 0.6 is 0 Å². The fourth-order valence-corrected chi connectivity index (χ4v) is 6.09. The minimum absolute atomic E-state index is 0.190. The first-order valence-electron chi connectivity index (χ1n) is 9.75. The monoisotopic (exact) mass is 428 g/mol. The van der Waals surface area contributed by atoms with Crippen molar-refractivity contribution < 1.29 is 23.1 Å². The van der Waals surface area contributed by atoms with Gasteiger partial charge in [-0.15, -0.1) is 0 Å². The first-order chi connectivity index (χ1) is 14.3. The second kappa shape index (κ2) is 7.86. The summed E-state index contributed by atoms with van der Waals surface area (Å²) >= 11 is 0. The molecule has 0 radical (unpaired) electrons. The first-order valence-corrected chi connectivity index (χ1v) is 11.2. The second-order valence-electron chi connectivity index (χ2n) is 7.53. The number of ether oxygens (including phenoxy) is 1. The zero-order chi connectivity index (χ0) is 21.5. The lowest BCUT2D eigenvalue weighted by molar-refractivity contribution is -0.137. The zero-order valence-electron chi connectivity index (χ0n) is 16.9. The topological polar surface area (TPSA) is 88.8 Å². The number of aromatic nitrogens is 1. The summed E-state index contributed by atoms with van der Waals surface area (Å²) in [7, 11) is -2.07. The van der Waals surface area contributed by atoms with Gasteiger partial charge in [-0.2, -0.15) is 4.31 Å². The van der Waals surface area contributed by atoms with Crippen molar-refractivity contribution in [2.75, 3.05) is 20.3 Å². The van der Waals surface area contributed by atoms with E-state index in [-0.39, 0.29) is 6.54 Å². The lowest BCUT2D eigenvalue weighted by atomic mass is 9.97. The third kappa shape index (κ3) is 3.40. The highest BCUT2D eigenvalue weighted by Crippen LogP contribution is 2.45. The highest BCUT2D eigenvalue weighted by molar-refractivity contribution is 7.89. The number of hydrogen-bond donors (Lipinski definition) is 1. The smallest absolute Gasteiger partial charge is 0.323 e. The number of carbonyl (C=O) groups is 1. The van der Waals surface area contributed by atoms with E-state index in [0.29, 0.717) is 30.0 Å². The van der Waals surface area contributed by atoms with E-state index in [1.807, 2.05) is 37.3 Å². The molecule has 30 heavy (non-hydrogen) atoms. The molecule has 0 saturated carbocycles. The number of fused-ring (bicyclic) bond motifs is 2. The van der Waals surface area contributed by atoms with E-state index in [0.717, 1.165) is 22.0 Å². The van der Waals surface area contributed by atoms with Crippen LogP contribution in [0.2, 0.25) is 0 Å². The van der Waals surface area contributed by atoms with Crippen LogP contribution in [0.1, 0.15) is 29.2 Å². The number of carboxylic acid groups (broad SMARTS) is 1. The molecule has 158 valence electrons. The van der Waals surface area contributed by atoms with Gasteiger partial charge in [0.15, 0.2) is 0 Å². The van der Waals surface area contributed by atoms with E-state index in [1.54, 1.807) is 30.0 Å². The molecule has 1 atom stereocenters. The van der Waals surface area contributed by atoms with E-state index in [1.165, 1.54) is 4.31 Å². The number of hydrogen-bond acceptors (Lipinski definition) is 4. The van der Waals surface area contributed by atoms with Gasteiger partial charge in [-0.1, -0.05) is 29.8 Å². The fourth-order valence-electron chi connectivity index (χ4n) is 4.23. The molecule has 2 aromatic carbocycles. The number of benzene rings is 2. The molecular formula is C22H24N2O5S. The summed E-state index contributed by atoms with van der Waals surface area (Å²) in [5.74, 6) is -0.949. The van der Waals surface area contributed by atoms with Crippen molar-refractivity contribution in [1.29, 1.82) is 0 Å². The Labute approximate surface area is 175 Å². The predicted molar refractivity (Wildman–Crippen MR) is 113 cm³/mol. The molecule has 1 aliphatic heterocycles. The average molecular weight is 429 g/mol. The molecule has 7 nitrogen and oxygen atoms in total. The van der Waals surface area contributed by atoms with Gasteiger partial charge in [0.05, 0.1) is 10.9 Å². The van der Waals surface area contributed by atoms with Gasteiger partial charge < -0.3 is 14.4 Å². The van der Waals surface area contributed by atoms with Crippen LogP contribution in [0.25, 0.3) is 10.9 Å². The third-order valence-corrected chi connectivity index (χ3v) is 7.42. The molecular weight excluding hydrogens is 404 g/mol. The first kappa shape index (κ1) is 20.6. The number of aryl methyl sites for hydroxylation is 1. The number of sulfonamides is 1. The van der Waals surface area contributed by atoms with Gasteiger partial charge in [0.25, 0.3) is 0 Å². The van der Waals surface area contributed by atoms with Crippen molar-refractivity contribution in [3.05, 3.63) is 65.4 Å². The van der Waals surface area contributed by atoms with E-state index >= 15 is 0 Å². The lowest BCUT2D eigenvalue weighted by Gasteiger charge is -2.23. The van der Waals surface area contributed by atoms with Gasteiger partial charge in [0.1, 0.15) is 6.54 Å². The molecule has 0 aliphatic carbocycles. The number of carboxylic acids is 1. The van der Waals surface area contributed by atoms with Crippen LogP contribution in [-0.2, 0) is 26.1 Å². The Kier molecular flexibility index (Phi) is 5.40. The van der Waals surface area contributed by atoms with Crippen LogP contribution in [-0.4, -0.2) is 48.6 Å². The molecule has 2 heterocycles. The molecule has 0 saturated heterocycles. The van der Waals surface area contributed by atoms with Crippen molar-refractivity contribution in [1.82, 2.24) is 8.87 Å². The molecule has 8 heteroatoms. The largest absolute Gasteiger partial charge is 0.480 e. The lowest BCUT2D eigenvalue weighted by Crippen LogP contribution is -2.30. The van der Waals surface area contributed by atoms with Crippen molar-refractivity contribution in [2.45, 2.75) is 30.8 Å². The summed E-state index contributed by atoms with van der Waals surface area (Å²) in [6.45, 7) is 2.54. The molecule has 1 aliphatic rings. The summed E-state index contributed by atoms with van der Waals surface area (Å²) in [5, 5.41) is 10.2. The minimum atomic E-state index is -3.66. The molecule has 1 aromatic heterocycles. The predicted octanol–water partition coefficient (Wildman–Crippen LogP) is 3.16. The zero-order valence-corrected chi connectivity index (χ0v) is 17.7. The molecule has 0 fully saturated rings. The highest BCUT2D eigenvalue weighted by Gasteiger charge is 2.43. The third-order valence-electron chi connectivity index (χ3n) is 5.48. The Morgan fingerprint density at radius 1 is 1.17 bits per heavy atom. The van der Waals surface area contributed by atoms with Gasteiger partial charge in [0, 0.05) is 42.9 Å². The summed E-state index contributed by atoms with van der Waals surface area (Å²) in [4.78, 5) is 11.7. The standard InChI is InChI=1S/C22H24N2O5S/c1-15-8-9-19-17(12-15)18(13-23(19)14-21(25)26)22-16-6-3-4-7-20(16)30(27,28)24(22)10-5-11-29-2/h3-4,6-9,12-13,22H,5,10-11,14H2,1-2H3,(H,25,26). The van der Waals surface area contributed by atoms with Crippen molar-refractivity contribution >= 4 is 26.9 Å². The Morgan fingerprint density at radius 3 is 2.67 bits per heavy atom. The van der Waals surface area contributed by atoms with Crippen LogP contribution in [0.4, 0.5) is 0 Å². The Hall–Kier alpha value is -2.68. The van der Waals surface area contributed by atoms with Crippen LogP contribution < -0.4 is 0 Å². The molecule has 0 bridgehead atoms. The summed E-state index contributed by atoms with van der Waals surface area (Å²) in [5.41, 5.74) is 3.31. The van der Waals surface area contributed by atoms with Crippen molar-refractivity contribution in [3.8, 4) is 0 Å². The number of nitrogens with zero attached hydrogens (tertiary/aromatic N) is 2. The maximum absolute atomic E-state index is 13.3. The fraction of sp³-hybridized carbons (Fsp3) is 0.318. The SMILES string of the molecule is COCCCN1C(c2cn(CC(=O)O)c3ccc(C)cc23)c2ccccc2S1(=O)=O. The van der Waals surface area contributed by atoms with E-state index < -0.39 is 22.0 Å².